The quantitative estimate of drug-likeness (QED) is 0.749. The number of fused-ring (bicyclic) bond motifs is 1. The third kappa shape index (κ3) is 2.40. The van der Waals surface area contributed by atoms with Crippen molar-refractivity contribution in [3.63, 3.8) is 0 Å². The molecule has 1 amide bonds. The standard InChI is InChI=1S/C15H13N3OS/c16-14(19)13(11-6-2-1-3-7-11)20-15-17-10-12-8-4-5-9-18(12)15/h1-10,13H,(H2,16,19)/t13-/m1/s1. The van der Waals surface area contributed by atoms with Crippen molar-refractivity contribution in [1.29, 1.82) is 0 Å². The highest BCUT2D eigenvalue weighted by Gasteiger charge is 2.21. The van der Waals surface area contributed by atoms with Gasteiger partial charge in [-0.25, -0.2) is 4.98 Å². The average Bonchev–Trinajstić information content (AvgIpc) is 2.88. The number of aromatic nitrogens is 2. The third-order valence-electron chi connectivity index (χ3n) is 2.99. The number of nitrogens with zero attached hydrogens (tertiary/aromatic N) is 2. The van der Waals surface area contributed by atoms with Gasteiger partial charge in [-0.1, -0.05) is 48.2 Å². The molecule has 0 aliphatic heterocycles. The van der Waals surface area contributed by atoms with Gasteiger partial charge in [0, 0.05) is 6.20 Å². The minimum absolute atomic E-state index is 0.367. The van der Waals surface area contributed by atoms with E-state index in [-0.39, 0.29) is 5.91 Å². The fourth-order valence-electron chi connectivity index (χ4n) is 2.03. The van der Waals surface area contributed by atoms with Gasteiger partial charge in [-0.3, -0.25) is 9.20 Å². The second-order valence-electron chi connectivity index (χ2n) is 4.35. The normalized spacial score (nSPS) is 12.4. The highest BCUT2D eigenvalue weighted by Crippen LogP contribution is 2.34. The van der Waals surface area contributed by atoms with Crippen LogP contribution in [0.3, 0.4) is 0 Å². The van der Waals surface area contributed by atoms with Crippen LogP contribution in [0.4, 0.5) is 0 Å². The number of amides is 1. The maximum Gasteiger partial charge on any atom is 0.235 e. The van der Waals surface area contributed by atoms with Gasteiger partial charge in [-0.2, -0.15) is 0 Å². The van der Waals surface area contributed by atoms with Crippen LogP contribution in [0, 0.1) is 0 Å². The van der Waals surface area contributed by atoms with E-state index in [9.17, 15) is 4.79 Å². The number of thioether (sulfide) groups is 1. The highest BCUT2D eigenvalue weighted by atomic mass is 32.2. The first-order valence-corrected chi connectivity index (χ1v) is 7.06. The number of rotatable bonds is 4. The molecule has 0 radical (unpaired) electrons. The molecule has 3 rings (SSSR count). The van der Waals surface area contributed by atoms with Crippen LogP contribution in [0.1, 0.15) is 10.8 Å². The number of primary amides is 1. The number of pyridine rings is 1. The van der Waals surface area contributed by atoms with Crippen LogP contribution in [0.15, 0.2) is 66.1 Å². The SMILES string of the molecule is NC(=O)[C@H](Sc1ncc2ccccn12)c1ccccc1. The molecule has 2 heterocycles. The Kier molecular flexibility index (Phi) is 3.43. The summed E-state index contributed by atoms with van der Waals surface area (Å²) >= 11 is 1.36. The van der Waals surface area contributed by atoms with E-state index in [4.69, 9.17) is 5.73 Å². The molecule has 4 nitrogen and oxygen atoms in total. The van der Waals surface area contributed by atoms with Gasteiger partial charge in [0.1, 0.15) is 5.25 Å². The lowest BCUT2D eigenvalue weighted by molar-refractivity contribution is -0.117. The molecule has 0 spiro atoms. The molecule has 100 valence electrons. The fourth-order valence-corrected chi connectivity index (χ4v) is 3.04. The maximum absolute atomic E-state index is 11.7. The van der Waals surface area contributed by atoms with Crippen molar-refractivity contribution in [2.24, 2.45) is 5.73 Å². The number of carbonyl (C=O) groups excluding carboxylic acids is 1. The van der Waals surface area contributed by atoms with Crippen LogP contribution in [0.25, 0.3) is 5.52 Å². The summed E-state index contributed by atoms with van der Waals surface area (Å²) in [4.78, 5) is 16.1. The predicted octanol–water partition coefficient (Wildman–Crippen LogP) is 2.65. The Balaban J connectivity index is 1.97. The lowest BCUT2D eigenvalue weighted by atomic mass is 10.1. The summed E-state index contributed by atoms with van der Waals surface area (Å²) in [5, 5.41) is 0.315. The van der Waals surface area contributed by atoms with Crippen LogP contribution in [0.5, 0.6) is 0 Å². The predicted molar refractivity (Wildman–Crippen MR) is 79.4 cm³/mol. The Morgan fingerprint density at radius 1 is 1.15 bits per heavy atom. The summed E-state index contributed by atoms with van der Waals surface area (Å²) in [6.45, 7) is 0. The Bertz CT molecular complexity index is 739. The van der Waals surface area contributed by atoms with Crippen LogP contribution in [-0.4, -0.2) is 15.3 Å². The number of nitrogens with two attached hydrogens (primary N) is 1. The Morgan fingerprint density at radius 2 is 1.90 bits per heavy atom. The number of hydrogen-bond donors (Lipinski definition) is 1. The molecule has 3 aromatic rings. The Morgan fingerprint density at radius 3 is 2.65 bits per heavy atom. The van der Waals surface area contributed by atoms with Gasteiger partial charge in [0.25, 0.3) is 0 Å². The van der Waals surface area contributed by atoms with Crippen molar-refractivity contribution in [1.82, 2.24) is 9.38 Å². The smallest absolute Gasteiger partial charge is 0.235 e. The van der Waals surface area contributed by atoms with Crippen LogP contribution in [0.2, 0.25) is 0 Å². The molecule has 0 unspecified atom stereocenters. The van der Waals surface area contributed by atoms with Crippen molar-refractivity contribution >= 4 is 23.2 Å². The van der Waals surface area contributed by atoms with E-state index in [1.165, 1.54) is 11.8 Å². The third-order valence-corrected chi connectivity index (χ3v) is 4.24. The molecular weight excluding hydrogens is 270 g/mol. The van der Waals surface area contributed by atoms with E-state index in [2.05, 4.69) is 4.98 Å². The van der Waals surface area contributed by atoms with E-state index in [0.717, 1.165) is 16.2 Å². The summed E-state index contributed by atoms with van der Waals surface area (Å²) in [6, 6.07) is 15.4. The first-order chi connectivity index (χ1) is 9.75. The molecule has 0 aliphatic rings. The van der Waals surface area contributed by atoms with Crippen LogP contribution >= 0.6 is 11.8 Å². The van der Waals surface area contributed by atoms with Crippen molar-refractivity contribution in [2.75, 3.05) is 0 Å². The molecule has 1 aromatic carbocycles. The second-order valence-corrected chi connectivity index (χ2v) is 5.42. The van der Waals surface area contributed by atoms with Crippen LogP contribution < -0.4 is 5.73 Å². The molecular formula is C15H13N3OS. The first-order valence-electron chi connectivity index (χ1n) is 6.19. The van der Waals surface area contributed by atoms with Gasteiger partial charge in [-0.05, 0) is 17.7 Å². The summed E-state index contributed by atoms with van der Waals surface area (Å²) < 4.78 is 1.95. The summed E-state index contributed by atoms with van der Waals surface area (Å²) in [6.07, 6.45) is 3.71. The number of hydrogen-bond acceptors (Lipinski definition) is 3. The second kappa shape index (κ2) is 5.38. The Hall–Kier alpha value is -2.27. The van der Waals surface area contributed by atoms with Crippen molar-refractivity contribution < 1.29 is 4.79 Å². The summed E-state index contributed by atoms with van der Waals surface area (Å²) in [5.41, 5.74) is 7.41. The van der Waals surface area contributed by atoms with E-state index in [1.54, 1.807) is 6.20 Å². The topological polar surface area (TPSA) is 60.4 Å². The molecule has 20 heavy (non-hydrogen) atoms. The molecule has 1 atom stereocenters. The van der Waals surface area contributed by atoms with Gasteiger partial charge in [0.2, 0.25) is 5.91 Å². The molecule has 2 aromatic heterocycles. The summed E-state index contributed by atoms with van der Waals surface area (Å²) in [5.74, 6) is -0.367. The molecule has 0 fully saturated rings. The molecule has 0 saturated carbocycles. The van der Waals surface area contributed by atoms with E-state index >= 15 is 0 Å². The monoisotopic (exact) mass is 283 g/mol. The van der Waals surface area contributed by atoms with E-state index in [0.29, 0.717) is 0 Å². The van der Waals surface area contributed by atoms with Gasteiger partial charge >= 0.3 is 0 Å². The lowest BCUT2D eigenvalue weighted by Crippen LogP contribution is -2.19. The van der Waals surface area contributed by atoms with Gasteiger partial charge in [0.15, 0.2) is 5.16 Å². The minimum atomic E-state index is -0.443. The summed E-state index contributed by atoms with van der Waals surface area (Å²) in [7, 11) is 0. The molecule has 0 bridgehead atoms. The zero-order chi connectivity index (χ0) is 13.9. The van der Waals surface area contributed by atoms with Crippen molar-refractivity contribution in [3.05, 3.63) is 66.5 Å². The first kappa shape index (κ1) is 12.7. The van der Waals surface area contributed by atoms with Gasteiger partial charge in [-0.15, -0.1) is 0 Å². The lowest BCUT2D eigenvalue weighted by Gasteiger charge is -2.12. The van der Waals surface area contributed by atoms with E-state index < -0.39 is 5.25 Å². The van der Waals surface area contributed by atoms with Gasteiger partial charge in [0.05, 0.1) is 11.7 Å². The molecule has 5 heteroatoms. The number of benzene rings is 1. The highest BCUT2D eigenvalue weighted by molar-refractivity contribution is 8.00. The molecule has 2 N–H and O–H groups in total. The van der Waals surface area contributed by atoms with Crippen molar-refractivity contribution in [3.8, 4) is 0 Å². The van der Waals surface area contributed by atoms with Gasteiger partial charge < -0.3 is 5.73 Å². The molecule has 0 aliphatic carbocycles. The zero-order valence-electron chi connectivity index (χ0n) is 10.6. The minimum Gasteiger partial charge on any atom is -0.368 e. The van der Waals surface area contributed by atoms with Crippen molar-refractivity contribution in [2.45, 2.75) is 10.4 Å². The number of imidazole rings is 1. The van der Waals surface area contributed by atoms with E-state index in [1.807, 2.05) is 59.1 Å². The molecule has 0 saturated heterocycles. The maximum atomic E-state index is 11.7. The zero-order valence-corrected chi connectivity index (χ0v) is 11.5. The Labute approximate surface area is 120 Å². The van der Waals surface area contributed by atoms with Crippen LogP contribution in [-0.2, 0) is 4.79 Å². The fraction of sp³-hybridized carbons (Fsp3) is 0.0667. The largest absolute Gasteiger partial charge is 0.368 e. The average molecular weight is 283 g/mol. The number of carbonyl (C=O) groups is 1.